The Kier molecular flexibility index (Phi) is 6.70. The quantitative estimate of drug-likeness (QED) is 0.556. The number of nitrogens with zero attached hydrogens (tertiary/aromatic N) is 1. The molecular weight excluding hydrogens is 430 g/mol. The van der Waals surface area contributed by atoms with Crippen molar-refractivity contribution in [2.75, 3.05) is 18.4 Å². The van der Waals surface area contributed by atoms with Crippen molar-refractivity contribution in [1.82, 2.24) is 10.2 Å². The number of fused-ring (bicyclic) bond motifs is 1. The first-order valence-corrected chi connectivity index (χ1v) is 11.5. The fourth-order valence-corrected chi connectivity index (χ4v) is 4.72. The van der Waals surface area contributed by atoms with E-state index in [9.17, 15) is 9.59 Å². The maximum atomic E-state index is 12.5. The summed E-state index contributed by atoms with van der Waals surface area (Å²) in [7, 11) is 0. The lowest BCUT2D eigenvalue weighted by Crippen LogP contribution is -2.43. The Hall–Kier alpha value is -2.67. The van der Waals surface area contributed by atoms with E-state index in [1.807, 2.05) is 12.3 Å². The van der Waals surface area contributed by atoms with Crippen molar-refractivity contribution in [3.05, 3.63) is 86.6 Å². The molecule has 2 amide bonds. The minimum atomic E-state index is -0.701. The van der Waals surface area contributed by atoms with Crippen LogP contribution in [0.5, 0.6) is 0 Å². The Balaban J connectivity index is 1.41. The Morgan fingerprint density at radius 2 is 1.94 bits per heavy atom. The van der Waals surface area contributed by atoms with Crippen LogP contribution in [0.3, 0.4) is 0 Å². The van der Waals surface area contributed by atoms with Crippen molar-refractivity contribution in [2.24, 2.45) is 0 Å². The fraction of sp³-hybridized carbons (Fsp3) is 0.250. The minimum Gasteiger partial charge on any atom is -0.346 e. The van der Waals surface area contributed by atoms with Crippen LogP contribution in [0.2, 0.25) is 5.02 Å². The van der Waals surface area contributed by atoms with Gasteiger partial charge in [-0.25, -0.2) is 0 Å². The molecule has 1 aliphatic rings. The van der Waals surface area contributed by atoms with Crippen molar-refractivity contribution >= 4 is 40.4 Å². The fourth-order valence-electron chi connectivity index (χ4n) is 3.83. The number of thiophene rings is 1. The van der Waals surface area contributed by atoms with E-state index in [2.05, 4.69) is 51.2 Å². The molecule has 3 aromatic rings. The van der Waals surface area contributed by atoms with Gasteiger partial charge in [0.25, 0.3) is 0 Å². The molecule has 0 spiro atoms. The van der Waals surface area contributed by atoms with Gasteiger partial charge < -0.3 is 10.6 Å². The van der Waals surface area contributed by atoms with Crippen LogP contribution in [0, 0.1) is 6.92 Å². The molecule has 0 saturated heterocycles. The molecule has 2 aromatic carbocycles. The van der Waals surface area contributed by atoms with Gasteiger partial charge in [0.05, 0.1) is 6.04 Å². The standard InChI is InChI=1S/C24H24ClN3O2S/c1-16-6-7-20(12-21(16)25)27-24(30)23(29)26-13-22(19-9-11-31-15-19)28-10-8-17-4-2-3-5-18(17)14-28/h2-7,9,11-12,15,22H,8,10,13-14H2,1H3,(H,26,29)(H,27,30). The zero-order chi connectivity index (χ0) is 21.8. The van der Waals surface area contributed by atoms with Gasteiger partial charge in [0, 0.05) is 30.3 Å². The molecule has 0 fully saturated rings. The third-order valence-electron chi connectivity index (χ3n) is 5.62. The maximum absolute atomic E-state index is 12.5. The summed E-state index contributed by atoms with van der Waals surface area (Å²) < 4.78 is 0. The molecule has 7 heteroatoms. The van der Waals surface area contributed by atoms with Gasteiger partial charge in [0.15, 0.2) is 0 Å². The summed E-state index contributed by atoms with van der Waals surface area (Å²) >= 11 is 7.73. The van der Waals surface area contributed by atoms with Crippen LogP contribution in [0.25, 0.3) is 0 Å². The normalized spacial score (nSPS) is 14.5. The van der Waals surface area contributed by atoms with Gasteiger partial charge in [-0.05, 0) is 64.6 Å². The summed E-state index contributed by atoms with van der Waals surface area (Å²) in [5.74, 6) is -1.36. The number of anilines is 1. The number of benzene rings is 2. The summed E-state index contributed by atoms with van der Waals surface area (Å²) in [6.07, 6.45) is 0.972. The Bertz CT molecular complexity index is 1080. The minimum absolute atomic E-state index is 0.00479. The number of rotatable bonds is 5. The lowest BCUT2D eigenvalue weighted by atomic mass is 9.97. The van der Waals surface area contributed by atoms with Crippen molar-refractivity contribution in [2.45, 2.75) is 25.9 Å². The van der Waals surface area contributed by atoms with E-state index in [0.29, 0.717) is 17.3 Å². The second kappa shape index (κ2) is 9.64. The Labute approximate surface area is 191 Å². The highest BCUT2D eigenvalue weighted by atomic mass is 35.5. The van der Waals surface area contributed by atoms with E-state index in [1.54, 1.807) is 29.5 Å². The van der Waals surface area contributed by atoms with E-state index >= 15 is 0 Å². The van der Waals surface area contributed by atoms with E-state index in [-0.39, 0.29) is 6.04 Å². The van der Waals surface area contributed by atoms with Crippen LogP contribution < -0.4 is 10.6 Å². The maximum Gasteiger partial charge on any atom is 0.313 e. The Morgan fingerprint density at radius 3 is 2.68 bits per heavy atom. The average molecular weight is 454 g/mol. The summed E-state index contributed by atoms with van der Waals surface area (Å²) in [6.45, 7) is 3.96. The van der Waals surface area contributed by atoms with E-state index in [0.717, 1.165) is 30.6 Å². The second-order valence-corrected chi connectivity index (χ2v) is 8.88. The van der Waals surface area contributed by atoms with Crippen LogP contribution in [0.1, 0.15) is 28.3 Å². The molecule has 0 radical (unpaired) electrons. The van der Waals surface area contributed by atoms with E-state index in [1.165, 1.54) is 11.1 Å². The molecule has 1 unspecified atom stereocenters. The molecule has 1 aromatic heterocycles. The molecule has 1 aliphatic heterocycles. The predicted octanol–water partition coefficient (Wildman–Crippen LogP) is 4.56. The van der Waals surface area contributed by atoms with Crippen molar-refractivity contribution in [3.8, 4) is 0 Å². The lowest BCUT2D eigenvalue weighted by molar-refractivity contribution is -0.136. The SMILES string of the molecule is Cc1ccc(NC(=O)C(=O)NCC(c2ccsc2)N2CCc3ccccc3C2)cc1Cl. The van der Waals surface area contributed by atoms with Gasteiger partial charge in [-0.2, -0.15) is 11.3 Å². The molecule has 2 N–H and O–H groups in total. The van der Waals surface area contributed by atoms with Gasteiger partial charge in [-0.15, -0.1) is 0 Å². The molecule has 31 heavy (non-hydrogen) atoms. The molecular formula is C24H24ClN3O2S. The zero-order valence-corrected chi connectivity index (χ0v) is 18.8. The zero-order valence-electron chi connectivity index (χ0n) is 17.2. The molecule has 5 nitrogen and oxygen atoms in total. The molecule has 4 rings (SSSR count). The molecule has 1 atom stereocenters. The third kappa shape index (κ3) is 5.15. The number of carbonyl (C=O) groups excluding carboxylic acids is 2. The van der Waals surface area contributed by atoms with Crippen molar-refractivity contribution in [1.29, 1.82) is 0 Å². The molecule has 2 heterocycles. The van der Waals surface area contributed by atoms with Crippen molar-refractivity contribution < 1.29 is 9.59 Å². The number of nitrogens with one attached hydrogen (secondary N) is 2. The van der Waals surface area contributed by atoms with Gasteiger partial charge in [0.2, 0.25) is 0 Å². The number of hydrogen-bond acceptors (Lipinski definition) is 4. The van der Waals surface area contributed by atoms with Crippen LogP contribution >= 0.6 is 22.9 Å². The van der Waals surface area contributed by atoms with Crippen LogP contribution in [-0.4, -0.2) is 29.8 Å². The summed E-state index contributed by atoms with van der Waals surface area (Å²) in [6, 6.07) is 15.7. The van der Waals surface area contributed by atoms with Crippen molar-refractivity contribution in [3.63, 3.8) is 0 Å². The molecule has 0 bridgehead atoms. The van der Waals surface area contributed by atoms with Gasteiger partial charge in [-0.3, -0.25) is 14.5 Å². The number of aryl methyl sites for hydroxylation is 1. The number of halogens is 1. The molecule has 160 valence electrons. The van der Waals surface area contributed by atoms with E-state index in [4.69, 9.17) is 11.6 Å². The summed E-state index contributed by atoms with van der Waals surface area (Å²) in [5, 5.41) is 10.1. The highest BCUT2D eigenvalue weighted by molar-refractivity contribution is 7.08. The number of carbonyl (C=O) groups is 2. The first kappa shape index (κ1) is 21.6. The average Bonchev–Trinajstić information content (AvgIpc) is 3.31. The topological polar surface area (TPSA) is 61.4 Å². The molecule has 0 saturated carbocycles. The first-order valence-electron chi connectivity index (χ1n) is 10.2. The monoisotopic (exact) mass is 453 g/mol. The van der Waals surface area contributed by atoms with E-state index < -0.39 is 11.8 Å². The third-order valence-corrected chi connectivity index (χ3v) is 6.73. The first-order chi connectivity index (χ1) is 15.0. The largest absolute Gasteiger partial charge is 0.346 e. The van der Waals surface area contributed by atoms with Gasteiger partial charge >= 0.3 is 11.8 Å². The highest BCUT2D eigenvalue weighted by Crippen LogP contribution is 2.28. The summed E-state index contributed by atoms with van der Waals surface area (Å²) in [5.41, 5.74) is 5.25. The lowest BCUT2D eigenvalue weighted by Gasteiger charge is -2.35. The van der Waals surface area contributed by atoms with Gasteiger partial charge in [0.1, 0.15) is 0 Å². The van der Waals surface area contributed by atoms with Gasteiger partial charge in [-0.1, -0.05) is 41.9 Å². The Morgan fingerprint density at radius 1 is 1.13 bits per heavy atom. The highest BCUT2D eigenvalue weighted by Gasteiger charge is 2.26. The predicted molar refractivity (Wildman–Crippen MR) is 125 cm³/mol. The van der Waals surface area contributed by atoms with Crippen LogP contribution in [0.4, 0.5) is 5.69 Å². The second-order valence-electron chi connectivity index (χ2n) is 7.69. The number of hydrogen-bond donors (Lipinski definition) is 2. The van der Waals surface area contributed by atoms with Crippen LogP contribution in [0.15, 0.2) is 59.3 Å². The number of amides is 2. The smallest absolute Gasteiger partial charge is 0.313 e. The summed E-state index contributed by atoms with van der Waals surface area (Å²) in [4.78, 5) is 27.2. The molecule has 0 aliphatic carbocycles. The van der Waals surface area contributed by atoms with Crippen LogP contribution in [-0.2, 0) is 22.6 Å².